The molecule has 1 rings (SSSR count). The van der Waals surface area contributed by atoms with Crippen molar-refractivity contribution in [3.8, 4) is 0 Å². The number of oxime groups is 1. The number of aliphatic hydroxyl groups excluding tert-OH is 1. The van der Waals surface area contributed by atoms with Crippen molar-refractivity contribution in [2.75, 3.05) is 13.7 Å². The highest BCUT2D eigenvalue weighted by atomic mass is 16.4. The van der Waals surface area contributed by atoms with Gasteiger partial charge in [0.15, 0.2) is 5.84 Å². The van der Waals surface area contributed by atoms with Gasteiger partial charge in [-0.05, 0) is 26.5 Å². The van der Waals surface area contributed by atoms with Crippen molar-refractivity contribution in [1.82, 2.24) is 4.90 Å². The van der Waals surface area contributed by atoms with E-state index in [0.29, 0.717) is 12.1 Å². The minimum absolute atomic E-state index is 0.0647. The minimum atomic E-state index is -0.321. The van der Waals surface area contributed by atoms with Crippen molar-refractivity contribution in [3.05, 3.63) is 35.4 Å². The average molecular weight is 251 g/mol. The van der Waals surface area contributed by atoms with E-state index in [9.17, 15) is 5.11 Å². The van der Waals surface area contributed by atoms with Crippen LogP contribution in [0.4, 0.5) is 0 Å². The molecule has 0 amide bonds. The number of hydrogen-bond donors (Lipinski definition) is 3. The molecule has 0 aliphatic rings. The third kappa shape index (κ3) is 3.21. The molecule has 5 nitrogen and oxygen atoms in total. The molecule has 0 aliphatic heterocycles. The summed E-state index contributed by atoms with van der Waals surface area (Å²) in [6.07, 6.45) is 0. The molecular weight excluding hydrogens is 230 g/mol. The number of nitrogens with zero attached hydrogens (tertiary/aromatic N) is 2. The van der Waals surface area contributed by atoms with Crippen LogP contribution in [0.1, 0.15) is 25.0 Å². The van der Waals surface area contributed by atoms with Gasteiger partial charge in [-0.1, -0.05) is 29.4 Å². The van der Waals surface area contributed by atoms with Crippen LogP contribution in [0.25, 0.3) is 0 Å². The van der Waals surface area contributed by atoms with Gasteiger partial charge in [0.2, 0.25) is 0 Å². The van der Waals surface area contributed by atoms with Crippen LogP contribution in [-0.4, -0.2) is 40.2 Å². The molecule has 1 aromatic rings. The summed E-state index contributed by atoms with van der Waals surface area (Å²) in [6.45, 7) is 4.59. The van der Waals surface area contributed by atoms with Gasteiger partial charge in [0, 0.05) is 17.6 Å². The monoisotopic (exact) mass is 251 g/mol. The van der Waals surface area contributed by atoms with Gasteiger partial charge in [0.05, 0.1) is 6.61 Å². The summed E-state index contributed by atoms with van der Waals surface area (Å²) in [5.41, 5.74) is 6.99. The van der Waals surface area contributed by atoms with Crippen LogP contribution in [-0.2, 0) is 6.54 Å². The van der Waals surface area contributed by atoms with Crippen molar-refractivity contribution in [2.24, 2.45) is 10.9 Å². The van der Waals surface area contributed by atoms with E-state index in [1.54, 1.807) is 0 Å². The molecule has 0 heterocycles. The molecule has 1 aromatic carbocycles. The Hall–Kier alpha value is -1.59. The number of aliphatic hydroxyl groups is 1. The molecule has 100 valence electrons. The largest absolute Gasteiger partial charge is 0.409 e. The predicted molar refractivity (Wildman–Crippen MR) is 71.6 cm³/mol. The summed E-state index contributed by atoms with van der Waals surface area (Å²) >= 11 is 0. The number of likely N-dealkylation sites (N-methyl/N-ethyl adjacent to an activating group) is 1. The summed E-state index contributed by atoms with van der Waals surface area (Å²) in [4.78, 5) is 2.02. The quantitative estimate of drug-likeness (QED) is 0.315. The molecule has 18 heavy (non-hydrogen) atoms. The minimum Gasteiger partial charge on any atom is -0.409 e. The molecular formula is C13H21N3O2. The summed E-state index contributed by atoms with van der Waals surface area (Å²) in [5, 5.41) is 21.1. The number of nitrogens with two attached hydrogens (primary N) is 1. The van der Waals surface area contributed by atoms with Crippen molar-refractivity contribution in [2.45, 2.75) is 25.9 Å². The van der Waals surface area contributed by atoms with Crippen LogP contribution < -0.4 is 5.73 Å². The summed E-state index contributed by atoms with van der Waals surface area (Å²) in [5.74, 6) is 0.0980. The SMILES string of the molecule is CN(Cc1ccccc1/C(N)=N/O)C(C)(C)CO. The normalized spacial score (nSPS) is 13.1. The van der Waals surface area contributed by atoms with Crippen molar-refractivity contribution in [3.63, 3.8) is 0 Å². The molecule has 0 saturated carbocycles. The highest BCUT2D eigenvalue weighted by Crippen LogP contribution is 2.17. The zero-order chi connectivity index (χ0) is 13.8. The van der Waals surface area contributed by atoms with E-state index in [1.807, 2.05) is 50.1 Å². The molecule has 0 saturated heterocycles. The maximum absolute atomic E-state index is 9.34. The summed E-state index contributed by atoms with van der Waals surface area (Å²) < 4.78 is 0. The number of benzene rings is 1. The van der Waals surface area contributed by atoms with Gasteiger partial charge in [-0.3, -0.25) is 4.90 Å². The standard InChI is InChI=1S/C13H21N3O2/c1-13(2,9-17)16(3)8-10-6-4-5-7-11(10)12(14)15-18/h4-7,17-18H,8-9H2,1-3H3,(H2,14,15). The van der Waals surface area contributed by atoms with E-state index in [1.165, 1.54) is 0 Å². The molecule has 0 radical (unpaired) electrons. The lowest BCUT2D eigenvalue weighted by molar-refractivity contribution is 0.0733. The van der Waals surface area contributed by atoms with Gasteiger partial charge >= 0.3 is 0 Å². The van der Waals surface area contributed by atoms with Crippen LogP contribution in [0.5, 0.6) is 0 Å². The molecule has 0 aliphatic carbocycles. The molecule has 4 N–H and O–H groups in total. The zero-order valence-electron chi connectivity index (χ0n) is 11.1. The molecule has 0 aromatic heterocycles. The highest BCUT2D eigenvalue weighted by Gasteiger charge is 2.23. The summed E-state index contributed by atoms with van der Waals surface area (Å²) in [6, 6.07) is 7.48. The first-order chi connectivity index (χ1) is 8.42. The van der Waals surface area contributed by atoms with E-state index in [-0.39, 0.29) is 18.0 Å². The highest BCUT2D eigenvalue weighted by molar-refractivity contribution is 5.98. The van der Waals surface area contributed by atoms with Crippen molar-refractivity contribution in [1.29, 1.82) is 0 Å². The average Bonchev–Trinajstić information content (AvgIpc) is 2.38. The Kier molecular flexibility index (Phi) is 4.69. The molecule has 0 unspecified atom stereocenters. The van der Waals surface area contributed by atoms with Gasteiger partial charge in [-0.2, -0.15) is 0 Å². The summed E-state index contributed by atoms with van der Waals surface area (Å²) in [7, 11) is 1.93. The van der Waals surface area contributed by atoms with E-state index >= 15 is 0 Å². The fourth-order valence-corrected chi connectivity index (χ4v) is 1.55. The van der Waals surface area contributed by atoms with Crippen LogP contribution >= 0.6 is 0 Å². The zero-order valence-corrected chi connectivity index (χ0v) is 11.1. The Balaban J connectivity index is 2.98. The second-order valence-electron chi connectivity index (χ2n) is 4.97. The van der Waals surface area contributed by atoms with Crippen LogP contribution in [0.2, 0.25) is 0 Å². The van der Waals surface area contributed by atoms with Gasteiger partial charge in [-0.25, -0.2) is 0 Å². The number of rotatable bonds is 5. The van der Waals surface area contributed by atoms with Gasteiger partial charge in [0.1, 0.15) is 0 Å². The lowest BCUT2D eigenvalue weighted by Crippen LogP contribution is -2.43. The van der Waals surface area contributed by atoms with Crippen molar-refractivity contribution >= 4 is 5.84 Å². The van der Waals surface area contributed by atoms with E-state index < -0.39 is 0 Å². The van der Waals surface area contributed by atoms with Crippen LogP contribution in [0, 0.1) is 0 Å². The third-order valence-corrected chi connectivity index (χ3v) is 3.23. The molecule has 0 fully saturated rings. The second kappa shape index (κ2) is 5.84. The fourth-order valence-electron chi connectivity index (χ4n) is 1.55. The van der Waals surface area contributed by atoms with Crippen molar-refractivity contribution < 1.29 is 10.3 Å². The maximum atomic E-state index is 9.34. The Morgan fingerprint density at radius 3 is 2.56 bits per heavy atom. The first-order valence-electron chi connectivity index (χ1n) is 5.80. The van der Waals surface area contributed by atoms with E-state index in [2.05, 4.69) is 5.16 Å². The lowest BCUT2D eigenvalue weighted by Gasteiger charge is -2.34. The lowest BCUT2D eigenvalue weighted by atomic mass is 10.0. The smallest absolute Gasteiger partial charge is 0.170 e. The van der Waals surface area contributed by atoms with E-state index in [4.69, 9.17) is 10.9 Å². The molecule has 0 bridgehead atoms. The fraction of sp³-hybridized carbons (Fsp3) is 0.462. The van der Waals surface area contributed by atoms with Gasteiger partial charge in [-0.15, -0.1) is 0 Å². The van der Waals surface area contributed by atoms with Gasteiger partial charge in [0.25, 0.3) is 0 Å². The Labute approximate surface area is 108 Å². The first kappa shape index (κ1) is 14.5. The molecule has 0 atom stereocenters. The topological polar surface area (TPSA) is 82.1 Å². The number of amidine groups is 1. The predicted octanol–water partition coefficient (Wildman–Crippen LogP) is 0.984. The van der Waals surface area contributed by atoms with Crippen LogP contribution in [0.3, 0.4) is 0 Å². The molecule has 0 spiro atoms. The second-order valence-corrected chi connectivity index (χ2v) is 4.97. The Bertz CT molecular complexity index is 430. The third-order valence-electron chi connectivity index (χ3n) is 3.23. The Morgan fingerprint density at radius 2 is 2.00 bits per heavy atom. The first-order valence-corrected chi connectivity index (χ1v) is 5.80. The van der Waals surface area contributed by atoms with Gasteiger partial charge < -0.3 is 16.0 Å². The molecule has 5 heteroatoms. The maximum Gasteiger partial charge on any atom is 0.170 e. The number of hydrogen-bond acceptors (Lipinski definition) is 4. The van der Waals surface area contributed by atoms with E-state index in [0.717, 1.165) is 5.56 Å². The van der Waals surface area contributed by atoms with Crippen LogP contribution in [0.15, 0.2) is 29.4 Å². The Morgan fingerprint density at radius 1 is 1.39 bits per heavy atom.